The van der Waals surface area contributed by atoms with Crippen LogP contribution in [0.25, 0.3) is 0 Å². The maximum Gasteiger partial charge on any atom is 0.407 e. The van der Waals surface area contributed by atoms with Crippen LogP contribution in [0.4, 0.5) is 21.0 Å². The number of hydrogen-bond acceptors (Lipinski definition) is 4. The van der Waals surface area contributed by atoms with E-state index in [1.807, 2.05) is 36.1 Å². The summed E-state index contributed by atoms with van der Waals surface area (Å²) in [4.78, 5) is 39.3. The van der Waals surface area contributed by atoms with Gasteiger partial charge in [0.25, 0.3) is 0 Å². The van der Waals surface area contributed by atoms with Crippen LogP contribution in [0, 0.1) is 0 Å². The van der Waals surface area contributed by atoms with Gasteiger partial charge in [0.15, 0.2) is 0 Å². The van der Waals surface area contributed by atoms with Gasteiger partial charge in [-0.2, -0.15) is 0 Å². The minimum Gasteiger partial charge on any atom is -0.441 e. The number of carbonyl (C=O) groups excluding carboxylic acids is 3. The molecule has 1 aromatic carbocycles. The highest BCUT2D eigenvalue weighted by Crippen LogP contribution is 2.30. The van der Waals surface area contributed by atoms with Crippen LogP contribution in [-0.4, -0.2) is 54.2 Å². The molecular formula is C19H24N4O4. The first-order chi connectivity index (χ1) is 13.0. The van der Waals surface area contributed by atoms with E-state index < -0.39 is 5.60 Å². The number of anilines is 2. The van der Waals surface area contributed by atoms with Crippen molar-refractivity contribution in [1.29, 1.82) is 0 Å². The van der Waals surface area contributed by atoms with E-state index in [-0.39, 0.29) is 24.1 Å². The topological polar surface area (TPSA) is 91.0 Å². The predicted octanol–water partition coefficient (Wildman–Crippen LogP) is 2.31. The van der Waals surface area contributed by atoms with Gasteiger partial charge in [-0.25, -0.2) is 9.59 Å². The Labute approximate surface area is 157 Å². The molecule has 1 unspecified atom stereocenters. The van der Waals surface area contributed by atoms with Crippen LogP contribution >= 0.6 is 0 Å². The number of rotatable bonds is 2. The van der Waals surface area contributed by atoms with Gasteiger partial charge in [0.1, 0.15) is 5.60 Å². The van der Waals surface area contributed by atoms with E-state index in [4.69, 9.17) is 4.74 Å². The molecule has 1 atom stereocenters. The van der Waals surface area contributed by atoms with Crippen molar-refractivity contribution in [3.8, 4) is 0 Å². The number of ether oxygens (including phenoxy) is 1. The van der Waals surface area contributed by atoms with Gasteiger partial charge < -0.3 is 25.2 Å². The molecule has 1 aromatic rings. The number of piperidine rings is 1. The summed E-state index contributed by atoms with van der Waals surface area (Å²) in [5.74, 6) is 0.142. The molecule has 0 aliphatic carbocycles. The third-order valence-corrected chi connectivity index (χ3v) is 5.71. The average Bonchev–Trinajstić information content (AvgIpc) is 3.18. The molecule has 8 heteroatoms. The Kier molecular flexibility index (Phi) is 4.41. The van der Waals surface area contributed by atoms with Crippen LogP contribution in [0.5, 0.6) is 0 Å². The Bertz CT molecular complexity index is 755. The van der Waals surface area contributed by atoms with E-state index in [9.17, 15) is 14.4 Å². The van der Waals surface area contributed by atoms with Crippen LogP contribution in [0.2, 0.25) is 0 Å². The molecule has 8 nitrogen and oxygen atoms in total. The zero-order chi connectivity index (χ0) is 19.0. The third-order valence-electron chi connectivity index (χ3n) is 5.71. The normalized spacial score (nSPS) is 24.1. The molecule has 144 valence electrons. The summed E-state index contributed by atoms with van der Waals surface area (Å²) in [6.45, 7) is 3.63. The van der Waals surface area contributed by atoms with Gasteiger partial charge in [0.05, 0.1) is 6.54 Å². The predicted molar refractivity (Wildman–Crippen MR) is 99.7 cm³/mol. The molecule has 4 rings (SSSR count). The Morgan fingerprint density at radius 3 is 2.48 bits per heavy atom. The summed E-state index contributed by atoms with van der Waals surface area (Å²) in [5.41, 5.74) is 1.09. The quantitative estimate of drug-likeness (QED) is 0.833. The fraction of sp³-hybridized carbons (Fsp3) is 0.526. The number of likely N-dealkylation sites (tertiary alicyclic amines) is 1. The van der Waals surface area contributed by atoms with Crippen LogP contribution < -0.4 is 15.5 Å². The molecule has 27 heavy (non-hydrogen) atoms. The van der Waals surface area contributed by atoms with E-state index in [1.165, 1.54) is 0 Å². The molecule has 3 heterocycles. The highest BCUT2D eigenvalue weighted by Gasteiger charge is 2.43. The highest BCUT2D eigenvalue weighted by atomic mass is 16.6. The first-order valence-corrected chi connectivity index (χ1v) is 9.41. The van der Waals surface area contributed by atoms with Crippen LogP contribution in [0.3, 0.4) is 0 Å². The van der Waals surface area contributed by atoms with Crippen molar-refractivity contribution in [3.05, 3.63) is 24.3 Å². The maximum absolute atomic E-state index is 12.5. The summed E-state index contributed by atoms with van der Waals surface area (Å²) in [5, 5.41) is 5.59. The smallest absolute Gasteiger partial charge is 0.407 e. The lowest BCUT2D eigenvalue weighted by Gasteiger charge is -2.37. The van der Waals surface area contributed by atoms with Crippen molar-refractivity contribution in [2.24, 2.45) is 0 Å². The largest absolute Gasteiger partial charge is 0.441 e. The molecule has 0 saturated carbocycles. The molecule has 0 bridgehead atoms. The number of nitrogens with one attached hydrogen (secondary N) is 2. The summed E-state index contributed by atoms with van der Waals surface area (Å²) >= 11 is 0. The average molecular weight is 372 g/mol. The SMILES string of the molecule is CC1CCC(=O)N1c1ccc(NC(=O)N2CCC3(CC2)CNC(=O)O3)cc1. The first kappa shape index (κ1) is 17.6. The van der Waals surface area contributed by atoms with Crippen molar-refractivity contribution in [2.45, 2.75) is 44.2 Å². The lowest BCUT2D eigenvalue weighted by Crippen LogP contribution is -2.49. The summed E-state index contributed by atoms with van der Waals surface area (Å²) in [6, 6.07) is 7.41. The van der Waals surface area contributed by atoms with Crippen LogP contribution in [-0.2, 0) is 9.53 Å². The van der Waals surface area contributed by atoms with E-state index in [0.29, 0.717) is 44.6 Å². The van der Waals surface area contributed by atoms with Crippen molar-refractivity contribution >= 4 is 29.4 Å². The van der Waals surface area contributed by atoms with Gasteiger partial charge in [-0.1, -0.05) is 0 Å². The van der Waals surface area contributed by atoms with E-state index in [2.05, 4.69) is 10.6 Å². The molecule has 4 amide bonds. The fourth-order valence-electron chi connectivity index (χ4n) is 4.03. The minimum atomic E-state index is -0.464. The number of benzene rings is 1. The zero-order valence-electron chi connectivity index (χ0n) is 15.4. The van der Waals surface area contributed by atoms with Crippen molar-refractivity contribution < 1.29 is 19.1 Å². The number of alkyl carbamates (subject to hydrolysis) is 1. The highest BCUT2D eigenvalue weighted by molar-refractivity contribution is 5.96. The Hall–Kier alpha value is -2.77. The molecule has 2 N–H and O–H groups in total. The summed E-state index contributed by atoms with van der Waals surface area (Å²) < 4.78 is 5.37. The Balaban J connectivity index is 1.33. The van der Waals surface area contributed by atoms with Gasteiger partial charge in [0.2, 0.25) is 5.91 Å². The Morgan fingerprint density at radius 1 is 1.22 bits per heavy atom. The molecule has 0 radical (unpaired) electrons. The maximum atomic E-state index is 12.5. The molecule has 3 saturated heterocycles. The molecular weight excluding hydrogens is 348 g/mol. The van der Waals surface area contributed by atoms with E-state index in [0.717, 1.165) is 12.1 Å². The molecule has 3 fully saturated rings. The van der Waals surface area contributed by atoms with E-state index >= 15 is 0 Å². The number of amides is 4. The third kappa shape index (κ3) is 3.43. The molecule has 3 aliphatic heterocycles. The second-order valence-corrected chi connectivity index (χ2v) is 7.54. The number of hydrogen-bond donors (Lipinski definition) is 2. The minimum absolute atomic E-state index is 0.142. The summed E-state index contributed by atoms with van der Waals surface area (Å²) in [6.07, 6.45) is 2.35. The lowest BCUT2D eigenvalue weighted by atomic mass is 9.92. The Morgan fingerprint density at radius 2 is 1.93 bits per heavy atom. The van der Waals surface area contributed by atoms with Crippen molar-refractivity contribution in [2.75, 3.05) is 29.9 Å². The van der Waals surface area contributed by atoms with Crippen molar-refractivity contribution in [1.82, 2.24) is 10.2 Å². The van der Waals surface area contributed by atoms with Crippen LogP contribution in [0.1, 0.15) is 32.6 Å². The van der Waals surface area contributed by atoms with Gasteiger partial charge in [0, 0.05) is 49.8 Å². The second kappa shape index (κ2) is 6.75. The van der Waals surface area contributed by atoms with Gasteiger partial charge in [-0.3, -0.25) is 4.79 Å². The standard InChI is InChI=1S/C19H24N4O4/c1-13-2-7-16(24)23(13)15-5-3-14(4-6-15)21-17(25)22-10-8-19(9-11-22)12-20-18(26)27-19/h3-6,13H,2,7-12H2,1H3,(H,20,26)(H,21,25). The molecule has 0 aromatic heterocycles. The first-order valence-electron chi connectivity index (χ1n) is 9.41. The lowest BCUT2D eigenvalue weighted by molar-refractivity contribution is -0.117. The number of nitrogens with zero attached hydrogens (tertiary/aromatic N) is 2. The monoisotopic (exact) mass is 372 g/mol. The van der Waals surface area contributed by atoms with E-state index in [1.54, 1.807) is 4.90 Å². The molecule has 3 aliphatic rings. The van der Waals surface area contributed by atoms with Crippen LogP contribution in [0.15, 0.2) is 24.3 Å². The fourth-order valence-corrected chi connectivity index (χ4v) is 4.03. The number of urea groups is 1. The van der Waals surface area contributed by atoms with Gasteiger partial charge in [-0.15, -0.1) is 0 Å². The second-order valence-electron chi connectivity index (χ2n) is 7.54. The van der Waals surface area contributed by atoms with Crippen molar-refractivity contribution in [3.63, 3.8) is 0 Å². The summed E-state index contributed by atoms with van der Waals surface area (Å²) in [7, 11) is 0. The zero-order valence-corrected chi connectivity index (χ0v) is 15.4. The molecule has 1 spiro atoms. The van der Waals surface area contributed by atoms with Gasteiger partial charge in [-0.05, 0) is 37.6 Å². The number of carbonyl (C=O) groups is 3. The van der Waals surface area contributed by atoms with Gasteiger partial charge >= 0.3 is 12.1 Å².